The Morgan fingerprint density at radius 1 is 0.704 bits per heavy atom. The van der Waals surface area contributed by atoms with E-state index in [0.29, 0.717) is 55.0 Å². The van der Waals surface area contributed by atoms with Gasteiger partial charge in [-0.2, -0.15) is 0 Å². The van der Waals surface area contributed by atoms with Crippen LogP contribution in [0.2, 0.25) is 0 Å². The number of H-pyrrole nitrogens is 1. The van der Waals surface area contributed by atoms with Gasteiger partial charge in [-0.05, 0) is 83.0 Å². The maximum atomic E-state index is 14.3. The summed E-state index contributed by atoms with van der Waals surface area (Å²) in [6.07, 6.45) is 10.2. The normalized spacial score (nSPS) is 12.8. The molecule has 9 N–H and O–H groups in total. The van der Waals surface area contributed by atoms with Gasteiger partial charge in [0.05, 0.1) is 18.1 Å². The molecule has 4 aromatic carbocycles. The molecule has 6 aromatic rings. The van der Waals surface area contributed by atoms with Gasteiger partial charge in [0.15, 0.2) is 5.82 Å². The van der Waals surface area contributed by atoms with E-state index in [1.807, 2.05) is 90.5 Å². The number of carboxylic acid groups (broad SMARTS) is 1. The van der Waals surface area contributed by atoms with E-state index >= 15 is 0 Å². The van der Waals surface area contributed by atoms with Crippen LogP contribution in [0, 0.1) is 6.92 Å². The Bertz CT molecular complexity index is 2640. The number of benzene rings is 4. The highest BCUT2D eigenvalue weighted by molar-refractivity contribution is 5.94. The van der Waals surface area contributed by atoms with Gasteiger partial charge in [-0.25, -0.2) is 14.9 Å². The first kappa shape index (κ1) is 52.6. The number of aromatic hydroxyl groups is 1. The van der Waals surface area contributed by atoms with E-state index in [4.69, 9.17) is 5.73 Å². The third-order valence-electron chi connectivity index (χ3n) is 12.2. The summed E-state index contributed by atoms with van der Waals surface area (Å²) < 4.78 is 1.89. The first-order chi connectivity index (χ1) is 34.3. The number of carbonyl (C=O) groups is 5. The second kappa shape index (κ2) is 26.9. The minimum absolute atomic E-state index is 0.0119. The van der Waals surface area contributed by atoms with Crippen LogP contribution in [-0.4, -0.2) is 101 Å². The Hall–Kier alpha value is -7.73. The summed E-state index contributed by atoms with van der Waals surface area (Å²) in [7, 11) is 0. The molecule has 0 saturated carbocycles. The summed E-state index contributed by atoms with van der Waals surface area (Å²) in [5, 5.41) is 45.3. The van der Waals surface area contributed by atoms with E-state index < -0.39 is 47.9 Å². The van der Waals surface area contributed by atoms with Gasteiger partial charge in [-0.1, -0.05) is 123 Å². The molecule has 0 bridgehead atoms. The summed E-state index contributed by atoms with van der Waals surface area (Å²) in [5.74, 6) is -2.74. The first-order valence-corrected chi connectivity index (χ1v) is 24.3. The van der Waals surface area contributed by atoms with E-state index in [1.54, 1.807) is 18.5 Å². The number of aromatic nitrogens is 6. The highest BCUT2D eigenvalue weighted by atomic mass is 16.4. The van der Waals surface area contributed by atoms with Gasteiger partial charge in [0.1, 0.15) is 23.9 Å². The topological polar surface area (TPSA) is 272 Å². The van der Waals surface area contributed by atoms with Gasteiger partial charge in [0.2, 0.25) is 23.6 Å². The molecule has 71 heavy (non-hydrogen) atoms. The summed E-state index contributed by atoms with van der Waals surface area (Å²) in [5.41, 5.74) is 13.2. The third-order valence-corrected chi connectivity index (χ3v) is 12.2. The maximum Gasteiger partial charge on any atom is 0.326 e. The molecule has 4 amide bonds. The number of nitrogens with two attached hydrogens (primary N) is 1. The van der Waals surface area contributed by atoms with Gasteiger partial charge < -0.3 is 41.8 Å². The lowest BCUT2D eigenvalue weighted by Gasteiger charge is -2.25. The first-order valence-electron chi connectivity index (χ1n) is 24.3. The molecule has 0 aliphatic heterocycles. The quantitative estimate of drug-likeness (QED) is 0.0290. The van der Waals surface area contributed by atoms with Crippen molar-refractivity contribution < 1.29 is 34.2 Å². The number of rotatable bonds is 28. The largest absolute Gasteiger partial charge is 0.508 e. The fraction of sp³-hybridized carbons (Fsp3) is 0.377. The smallest absolute Gasteiger partial charge is 0.326 e. The van der Waals surface area contributed by atoms with Crippen molar-refractivity contribution in [1.82, 2.24) is 51.4 Å². The summed E-state index contributed by atoms with van der Waals surface area (Å²) in [6, 6.07) is 24.5. The van der Waals surface area contributed by atoms with Crippen LogP contribution >= 0.6 is 0 Å². The summed E-state index contributed by atoms with van der Waals surface area (Å²) >= 11 is 0. The molecule has 6 rings (SSSR count). The number of aryl methyl sites for hydroxylation is 1. The van der Waals surface area contributed by atoms with Crippen LogP contribution in [0.25, 0.3) is 22.5 Å². The zero-order valence-electron chi connectivity index (χ0n) is 40.4. The monoisotopic (exact) mass is 968 g/mol. The molecule has 2 heterocycles. The van der Waals surface area contributed by atoms with Crippen molar-refractivity contribution in [2.24, 2.45) is 5.73 Å². The molecule has 4 unspecified atom stereocenters. The highest BCUT2D eigenvalue weighted by Crippen LogP contribution is 2.30. The molecule has 2 aromatic heterocycles. The summed E-state index contributed by atoms with van der Waals surface area (Å²) in [4.78, 5) is 71.5. The Labute approximate surface area is 413 Å². The number of hydrogen-bond acceptors (Lipinski definition) is 11. The fourth-order valence-corrected chi connectivity index (χ4v) is 8.14. The van der Waals surface area contributed by atoms with Gasteiger partial charge in [0.25, 0.3) is 0 Å². The van der Waals surface area contributed by atoms with Crippen molar-refractivity contribution in [3.63, 3.8) is 0 Å². The number of nitrogens with one attached hydrogen (secondary N) is 5. The molecular formula is C53H65N11O7. The van der Waals surface area contributed by atoms with Crippen molar-refractivity contribution in [3.05, 3.63) is 138 Å². The highest BCUT2D eigenvalue weighted by Gasteiger charge is 2.31. The van der Waals surface area contributed by atoms with Crippen LogP contribution < -0.4 is 27.0 Å². The lowest BCUT2D eigenvalue weighted by Crippen LogP contribution is -2.58. The molecule has 0 aliphatic rings. The third kappa shape index (κ3) is 16.7. The average Bonchev–Trinajstić information content (AvgIpc) is 4.07. The molecule has 0 fully saturated rings. The SMILES string of the molecule is CCCCCCCC(=O)NCCCCC(NC(=O)C(N)Cc1cn(Cc2ccc(-c3ccccc3-c3nnn[nH]3)cc2)cn1)C(=O)NC(Cc1ccc(C)cc1)C(=O)NC(Cc1ccc(O)cc1)C(=O)O. The second-order valence-corrected chi connectivity index (χ2v) is 17.9. The second-order valence-electron chi connectivity index (χ2n) is 17.9. The maximum absolute atomic E-state index is 14.3. The number of nitrogens with zero attached hydrogens (tertiary/aromatic N) is 5. The molecule has 0 saturated heterocycles. The number of aromatic amines is 1. The zero-order valence-corrected chi connectivity index (χ0v) is 40.4. The number of aliphatic carboxylic acids is 1. The fourth-order valence-electron chi connectivity index (χ4n) is 8.14. The molecule has 18 nitrogen and oxygen atoms in total. The molecule has 0 spiro atoms. The van der Waals surface area contributed by atoms with Crippen molar-refractivity contribution in [3.8, 4) is 28.3 Å². The van der Waals surface area contributed by atoms with Crippen molar-refractivity contribution in [2.45, 2.75) is 122 Å². The molecule has 0 aliphatic carbocycles. The number of carboxylic acids is 1. The molecular weight excluding hydrogens is 903 g/mol. The number of amides is 4. The van der Waals surface area contributed by atoms with Crippen LogP contribution in [0.5, 0.6) is 5.75 Å². The number of phenols is 1. The lowest BCUT2D eigenvalue weighted by atomic mass is 9.98. The van der Waals surface area contributed by atoms with E-state index in [-0.39, 0.29) is 37.3 Å². The standard InChI is InChI=1S/C53H65N11O7/c1-3-4-5-6-7-15-48(66)55-28-11-10-14-45(51(68)58-46(29-36-18-16-35(2)17-19-36)52(69)59-47(53(70)71)30-37-22-26-41(65)27-23-37)57-50(67)44(54)31-40-33-64(34-56-40)32-38-20-24-39(25-21-38)42-12-8-9-13-43(42)49-60-62-63-61-49/h8-9,12-13,16-27,33-34,44-47,65H,3-7,10-11,14-15,28-32,54H2,1-2H3,(H,55,66)(H,57,67)(H,58,68)(H,59,69)(H,70,71)(H,60,61,62,63). The van der Waals surface area contributed by atoms with E-state index in [2.05, 4.69) is 53.8 Å². The van der Waals surface area contributed by atoms with E-state index in [9.17, 15) is 34.2 Å². The van der Waals surface area contributed by atoms with Crippen molar-refractivity contribution in [1.29, 1.82) is 0 Å². The van der Waals surface area contributed by atoms with Crippen LogP contribution in [0.4, 0.5) is 0 Å². The number of carbonyl (C=O) groups excluding carboxylic acids is 4. The Morgan fingerprint density at radius 3 is 2.03 bits per heavy atom. The predicted molar refractivity (Wildman–Crippen MR) is 268 cm³/mol. The number of hydrogen-bond donors (Lipinski definition) is 8. The minimum atomic E-state index is -1.36. The number of imidazole rings is 1. The number of tetrazole rings is 1. The minimum Gasteiger partial charge on any atom is -0.508 e. The Morgan fingerprint density at radius 2 is 1.34 bits per heavy atom. The van der Waals surface area contributed by atoms with Crippen molar-refractivity contribution >= 4 is 29.6 Å². The van der Waals surface area contributed by atoms with Gasteiger partial charge in [-0.3, -0.25) is 19.2 Å². The van der Waals surface area contributed by atoms with Crippen LogP contribution in [-0.2, 0) is 49.8 Å². The molecule has 18 heteroatoms. The van der Waals surface area contributed by atoms with Crippen LogP contribution in [0.15, 0.2) is 110 Å². The van der Waals surface area contributed by atoms with Crippen molar-refractivity contribution in [2.75, 3.05) is 6.54 Å². The Kier molecular flexibility index (Phi) is 19.9. The predicted octanol–water partition coefficient (Wildman–Crippen LogP) is 5.33. The average molecular weight is 968 g/mol. The van der Waals surface area contributed by atoms with E-state index in [0.717, 1.165) is 59.9 Å². The van der Waals surface area contributed by atoms with Crippen LogP contribution in [0.3, 0.4) is 0 Å². The zero-order chi connectivity index (χ0) is 50.5. The van der Waals surface area contributed by atoms with E-state index in [1.165, 1.54) is 12.1 Å². The van der Waals surface area contributed by atoms with Gasteiger partial charge in [-0.15, -0.1) is 5.10 Å². The van der Waals surface area contributed by atoms with Crippen LogP contribution in [0.1, 0.15) is 92.7 Å². The molecule has 374 valence electrons. The summed E-state index contributed by atoms with van der Waals surface area (Å²) in [6.45, 7) is 4.95. The number of phenolic OH excluding ortho intramolecular Hbond substituents is 1. The molecule has 4 atom stereocenters. The lowest BCUT2D eigenvalue weighted by molar-refractivity contribution is -0.142. The van der Waals surface area contributed by atoms with Gasteiger partial charge >= 0.3 is 5.97 Å². The molecule has 0 radical (unpaired) electrons. The Balaban J connectivity index is 1.11. The van der Waals surface area contributed by atoms with Gasteiger partial charge in [0, 0.05) is 50.5 Å². The number of unbranched alkanes of at least 4 members (excludes halogenated alkanes) is 5.